The summed E-state index contributed by atoms with van der Waals surface area (Å²) in [6.07, 6.45) is 3.66. The Labute approximate surface area is 158 Å². The molecular weight excluding hydrogens is 348 g/mol. The fraction of sp³-hybridized carbons (Fsp3) is 0.526. The fourth-order valence-electron chi connectivity index (χ4n) is 3.87. The smallest absolute Gasteiger partial charge is 0.325 e. The van der Waals surface area contributed by atoms with Gasteiger partial charge in [0.15, 0.2) is 0 Å². The Morgan fingerprint density at radius 1 is 1.26 bits per heavy atom. The van der Waals surface area contributed by atoms with Gasteiger partial charge in [0.25, 0.3) is 5.91 Å². The van der Waals surface area contributed by atoms with E-state index in [-0.39, 0.29) is 12.5 Å². The van der Waals surface area contributed by atoms with Crippen LogP contribution in [0.4, 0.5) is 4.79 Å². The Bertz CT molecular complexity index is 743. The third kappa shape index (κ3) is 3.49. The van der Waals surface area contributed by atoms with Crippen molar-refractivity contribution in [3.05, 3.63) is 29.8 Å². The lowest BCUT2D eigenvalue weighted by Gasteiger charge is -2.29. The van der Waals surface area contributed by atoms with E-state index in [9.17, 15) is 14.4 Å². The monoisotopic (exact) mass is 374 g/mol. The highest BCUT2D eigenvalue weighted by molar-refractivity contribution is 6.09. The molecule has 0 aromatic heterocycles. The SMILES string of the molecule is COc1ccc(C2(C)NC(=O)N(CC(=O)NC3(CN)CCCC3)C2=O)cc1. The first-order valence-corrected chi connectivity index (χ1v) is 9.13. The van der Waals surface area contributed by atoms with E-state index in [4.69, 9.17) is 10.5 Å². The van der Waals surface area contributed by atoms with E-state index in [1.54, 1.807) is 38.3 Å². The summed E-state index contributed by atoms with van der Waals surface area (Å²) >= 11 is 0. The van der Waals surface area contributed by atoms with Crippen molar-refractivity contribution in [2.24, 2.45) is 5.73 Å². The third-order valence-electron chi connectivity index (χ3n) is 5.60. The lowest BCUT2D eigenvalue weighted by Crippen LogP contribution is -2.54. The van der Waals surface area contributed by atoms with Crippen molar-refractivity contribution in [2.75, 3.05) is 20.2 Å². The molecule has 2 aliphatic rings. The molecule has 27 heavy (non-hydrogen) atoms. The number of imide groups is 1. The van der Waals surface area contributed by atoms with Gasteiger partial charge in [0, 0.05) is 6.54 Å². The molecule has 0 bridgehead atoms. The summed E-state index contributed by atoms with van der Waals surface area (Å²) in [5.74, 6) is -0.176. The summed E-state index contributed by atoms with van der Waals surface area (Å²) in [6.45, 7) is 1.66. The molecule has 1 aliphatic heterocycles. The summed E-state index contributed by atoms with van der Waals surface area (Å²) < 4.78 is 5.12. The highest BCUT2D eigenvalue weighted by Crippen LogP contribution is 2.31. The number of hydrogen-bond donors (Lipinski definition) is 3. The summed E-state index contributed by atoms with van der Waals surface area (Å²) in [5.41, 5.74) is 4.82. The molecule has 4 N–H and O–H groups in total. The van der Waals surface area contributed by atoms with Gasteiger partial charge in [-0.05, 0) is 37.5 Å². The highest BCUT2D eigenvalue weighted by atomic mass is 16.5. The molecule has 0 spiro atoms. The zero-order valence-electron chi connectivity index (χ0n) is 15.7. The van der Waals surface area contributed by atoms with Crippen LogP contribution in [-0.4, -0.2) is 48.5 Å². The van der Waals surface area contributed by atoms with Crippen LogP contribution in [0.25, 0.3) is 0 Å². The Kier molecular flexibility index (Phi) is 5.10. The van der Waals surface area contributed by atoms with Crippen LogP contribution < -0.4 is 21.1 Å². The molecule has 8 nitrogen and oxygen atoms in total. The molecule has 1 unspecified atom stereocenters. The lowest BCUT2D eigenvalue weighted by atomic mass is 9.92. The van der Waals surface area contributed by atoms with Gasteiger partial charge >= 0.3 is 6.03 Å². The molecule has 1 heterocycles. The molecule has 0 radical (unpaired) electrons. The largest absolute Gasteiger partial charge is 0.497 e. The number of urea groups is 1. The second-order valence-electron chi connectivity index (χ2n) is 7.41. The molecule has 1 aliphatic carbocycles. The van der Waals surface area contributed by atoms with Gasteiger partial charge in [-0.2, -0.15) is 0 Å². The first kappa shape index (κ1) is 19.2. The van der Waals surface area contributed by atoms with E-state index in [1.807, 2.05) is 0 Å². The van der Waals surface area contributed by atoms with E-state index in [0.29, 0.717) is 17.9 Å². The van der Waals surface area contributed by atoms with Crippen molar-refractivity contribution in [3.63, 3.8) is 0 Å². The number of nitrogens with zero attached hydrogens (tertiary/aromatic N) is 1. The highest BCUT2D eigenvalue weighted by Gasteiger charge is 2.49. The third-order valence-corrected chi connectivity index (χ3v) is 5.60. The zero-order chi connectivity index (χ0) is 19.7. The molecule has 1 aromatic rings. The van der Waals surface area contributed by atoms with Crippen molar-refractivity contribution in [1.82, 2.24) is 15.5 Å². The number of methoxy groups -OCH3 is 1. The summed E-state index contributed by atoms with van der Waals surface area (Å²) in [4.78, 5) is 38.7. The molecule has 1 saturated heterocycles. The Hall–Kier alpha value is -2.61. The predicted octanol–water partition coefficient (Wildman–Crippen LogP) is 0.850. The number of carbonyl (C=O) groups excluding carboxylic acids is 3. The Morgan fingerprint density at radius 3 is 2.44 bits per heavy atom. The second kappa shape index (κ2) is 7.19. The van der Waals surface area contributed by atoms with Crippen LogP contribution in [0, 0.1) is 0 Å². The molecule has 1 aromatic carbocycles. The predicted molar refractivity (Wildman–Crippen MR) is 99.0 cm³/mol. The van der Waals surface area contributed by atoms with Crippen LogP contribution in [0.3, 0.4) is 0 Å². The first-order chi connectivity index (χ1) is 12.8. The van der Waals surface area contributed by atoms with Gasteiger partial charge in [-0.15, -0.1) is 0 Å². The van der Waals surface area contributed by atoms with Crippen molar-refractivity contribution in [1.29, 1.82) is 0 Å². The quantitative estimate of drug-likeness (QED) is 0.639. The standard InChI is InChI=1S/C19H26N4O4/c1-18(13-5-7-14(27-2)8-6-13)16(25)23(17(26)22-18)11-15(24)21-19(12-20)9-3-4-10-19/h5-8H,3-4,9-12,20H2,1-2H3,(H,21,24)(H,22,26). The van der Waals surface area contributed by atoms with Gasteiger partial charge in [-0.3, -0.25) is 14.5 Å². The number of rotatable bonds is 6. The molecule has 2 fully saturated rings. The number of hydrogen-bond acceptors (Lipinski definition) is 5. The van der Waals surface area contributed by atoms with Crippen LogP contribution in [0.2, 0.25) is 0 Å². The summed E-state index contributed by atoms with van der Waals surface area (Å²) in [7, 11) is 1.55. The number of amides is 4. The van der Waals surface area contributed by atoms with Crippen LogP contribution in [0.15, 0.2) is 24.3 Å². The minimum absolute atomic E-state index is 0.321. The van der Waals surface area contributed by atoms with Gasteiger partial charge < -0.3 is 21.1 Å². The zero-order valence-corrected chi connectivity index (χ0v) is 15.7. The molecule has 8 heteroatoms. The maximum Gasteiger partial charge on any atom is 0.325 e. The number of ether oxygens (including phenoxy) is 1. The average molecular weight is 374 g/mol. The normalized spacial score (nSPS) is 24.0. The van der Waals surface area contributed by atoms with E-state index in [0.717, 1.165) is 30.6 Å². The van der Waals surface area contributed by atoms with Gasteiger partial charge in [0.2, 0.25) is 5.91 Å². The van der Waals surface area contributed by atoms with E-state index < -0.39 is 23.0 Å². The molecule has 1 atom stereocenters. The minimum Gasteiger partial charge on any atom is -0.497 e. The van der Waals surface area contributed by atoms with E-state index in [1.165, 1.54) is 0 Å². The van der Waals surface area contributed by atoms with Gasteiger partial charge in [0.1, 0.15) is 17.8 Å². The van der Waals surface area contributed by atoms with Crippen molar-refractivity contribution >= 4 is 17.8 Å². The molecule has 1 saturated carbocycles. The second-order valence-corrected chi connectivity index (χ2v) is 7.41. The van der Waals surface area contributed by atoms with Gasteiger partial charge in [-0.1, -0.05) is 25.0 Å². The fourth-order valence-corrected chi connectivity index (χ4v) is 3.87. The van der Waals surface area contributed by atoms with Gasteiger partial charge in [-0.25, -0.2) is 4.79 Å². The van der Waals surface area contributed by atoms with Crippen LogP contribution >= 0.6 is 0 Å². The Balaban J connectivity index is 1.72. The van der Waals surface area contributed by atoms with Crippen LogP contribution in [-0.2, 0) is 15.1 Å². The van der Waals surface area contributed by atoms with E-state index >= 15 is 0 Å². The van der Waals surface area contributed by atoms with Crippen molar-refractivity contribution in [2.45, 2.75) is 43.7 Å². The van der Waals surface area contributed by atoms with Crippen LogP contribution in [0.1, 0.15) is 38.2 Å². The maximum atomic E-state index is 12.9. The lowest BCUT2D eigenvalue weighted by molar-refractivity contribution is -0.135. The summed E-state index contributed by atoms with van der Waals surface area (Å²) in [6, 6.07) is 6.31. The Morgan fingerprint density at radius 2 is 1.89 bits per heavy atom. The van der Waals surface area contributed by atoms with E-state index in [2.05, 4.69) is 10.6 Å². The maximum absolute atomic E-state index is 12.9. The first-order valence-electron chi connectivity index (χ1n) is 9.13. The molecule has 4 amide bonds. The number of carbonyl (C=O) groups is 3. The molecule has 3 rings (SSSR count). The number of nitrogens with one attached hydrogen (secondary N) is 2. The molecular formula is C19H26N4O4. The summed E-state index contributed by atoms with van der Waals surface area (Å²) in [5, 5.41) is 5.64. The number of benzene rings is 1. The average Bonchev–Trinajstić information content (AvgIpc) is 3.21. The minimum atomic E-state index is -1.22. The van der Waals surface area contributed by atoms with Crippen molar-refractivity contribution in [3.8, 4) is 5.75 Å². The molecule has 146 valence electrons. The van der Waals surface area contributed by atoms with Crippen molar-refractivity contribution < 1.29 is 19.1 Å². The topological polar surface area (TPSA) is 114 Å². The van der Waals surface area contributed by atoms with Gasteiger partial charge in [0.05, 0.1) is 12.6 Å². The number of nitrogens with two attached hydrogens (primary N) is 1. The van der Waals surface area contributed by atoms with Crippen LogP contribution in [0.5, 0.6) is 5.75 Å².